The summed E-state index contributed by atoms with van der Waals surface area (Å²) in [6.07, 6.45) is 16.2. The van der Waals surface area contributed by atoms with Crippen LogP contribution in [0.4, 0.5) is 0 Å². The molecule has 3 aromatic carbocycles. The molecule has 11 nitrogen and oxygen atoms in total. The van der Waals surface area contributed by atoms with Crippen molar-refractivity contribution in [1.29, 1.82) is 5.41 Å². The second kappa shape index (κ2) is 24.9. The Bertz CT molecular complexity index is 1740. The molecule has 11 heteroatoms. The number of benzene rings is 3. The maximum Gasteiger partial charge on any atom is 0.336 e. The van der Waals surface area contributed by atoms with Gasteiger partial charge in [0.05, 0.1) is 26.4 Å². The van der Waals surface area contributed by atoms with Crippen molar-refractivity contribution >= 4 is 42.2 Å². The molecule has 0 aliphatic heterocycles. The number of carbonyl (C=O) groups excluding carboxylic acids is 4. The standard InChI is InChI=1S/C43H47NO10/c1-3-40(45)51-29-11-7-5-9-27-49-36-19-13-33(14-20-36)17-25-42(47)53-38-23-24-39(35(31-38)32-44)54-43(48)26-18-34-15-21-37(22-16-34)50-28-10-6-8-12-30-52-41(46)4-2/h3-4,13-26,31-32,44H,1-2,5-12,27-30H2/b25-17+,26-18+,44-32?. The van der Waals surface area contributed by atoms with Gasteiger partial charge in [-0.2, -0.15) is 0 Å². The lowest BCUT2D eigenvalue weighted by atomic mass is 10.2. The Hall–Kier alpha value is -6.23. The predicted octanol–water partition coefficient (Wildman–Crippen LogP) is 8.26. The fourth-order valence-electron chi connectivity index (χ4n) is 4.73. The average Bonchev–Trinajstić information content (AvgIpc) is 3.19. The van der Waals surface area contributed by atoms with Crippen molar-refractivity contribution < 1.29 is 47.6 Å². The number of hydrogen-bond donors (Lipinski definition) is 1. The van der Waals surface area contributed by atoms with Crippen LogP contribution in [0.2, 0.25) is 0 Å². The summed E-state index contributed by atoms with van der Waals surface area (Å²) in [7, 11) is 0. The number of ether oxygens (including phenoxy) is 6. The normalized spacial score (nSPS) is 10.7. The molecule has 0 spiro atoms. The molecule has 0 radical (unpaired) electrons. The van der Waals surface area contributed by atoms with Crippen LogP contribution in [0.3, 0.4) is 0 Å². The van der Waals surface area contributed by atoms with Gasteiger partial charge in [0.25, 0.3) is 0 Å². The van der Waals surface area contributed by atoms with Crippen LogP contribution in [0, 0.1) is 5.41 Å². The van der Waals surface area contributed by atoms with Crippen LogP contribution in [-0.4, -0.2) is 56.5 Å². The van der Waals surface area contributed by atoms with Crippen molar-refractivity contribution in [1.82, 2.24) is 0 Å². The minimum atomic E-state index is -0.637. The molecule has 3 aromatic rings. The van der Waals surface area contributed by atoms with Crippen molar-refractivity contribution in [2.24, 2.45) is 0 Å². The zero-order chi connectivity index (χ0) is 38.8. The zero-order valence-corrected chi connectivity index (χ0v) is 30.4. The van der Waals surface area contributed by atoms with E-state index in [9.17, 15) is 19.2 Å². The molecule has 54 heavy (non-hydrogen) atoms. The first-order valence-corrected chi connectivity index (χ1v) is 17.8. The molecule has 0 atom stereocenters. The van der Waals surface area contributed by atoms with Crippen molar-refractivity contribution in [3.05, 3.63) is 121 Å². The molecule has 284 valence electrons. The largest absolute Gasteiger partial charge is 0.494 e. The van der Waals surface area contributed by atoms with E-state index in [1.807, 2.05) is 48.5 Å². The van der Waals surface area contributed by atoms with E-state index in [1.165, 1.54) is 30.4 Å². The molecule has 0 saturated heterocycles. The fraction of sp³-hybridized carbons (Fsp3) is 0.279. The monoisotopic (exact) mass is 737 g/mol. The van der Waals surface area contributed by atoms with Crippen LogP contribution in [-0.2, 0) is 28.7 Å². The molecule has 0 amide bonds. The van der Waals surface area contributed by atoms with E-state index in [0.29, 0.717) is 37.9 Å². The Morgan fingerprint density at radius 1 is 0.519 bits per heavy atom. The summed E-state index contributed by atoms with van der Waals surface area (Å²) in [5.74, 6) is -0.301. The third-order valence-corrected chi connectivity index (χ3v) is 7.59. The van der Waals surface area contributed by atoms with Gasteiger partial charge >= 0.3 is 23.9 Å². The van der Waals surface area contributed by atoms with E-state index in [-0.39, 0.29) is 17.1 Å². The molecule has 0 aromatic heterocycles. The van der Waals surface area contributed by atoms with Gasteiger partial charge in [0.15, 0.2) is 0 Å². The average molecular weight is 738 g/mol. The Morgan fingerprint density at radius 3 is 1.39 bits per heavy atom. The number of unbranched alkanes of at least 4 members (excludes halogenated alkanes) is 6. The number of hydrogen-bond acceptors (Lipinski definition) is 11. The topological polar surface area (TPSA) is 148 Å². The van der Waals surface area contributed by atoms with Gasteiger partial charge in [-0.05, 0) is 117 Å². The first-order chi connectivity index (χ1) is 26.3. The molecular weight excluding hydrogens is 690 g/mol. The maximum atomic E-state index is 12.5. The van der Waals surface area contributed by atoms with Crippen LogP contribution in [0.1, 0.15) is 68.1 Å². The maximum absolute atomic E-state index is 12.5. The number of rotatable bonds is 25. The lowest BCUT2D eigenvalue weighted by Crippen LogP contribution is -2.07. The second-order valence-corrected chi connectivity index (χ2v) is 11.8. The molecule has 0 unspecified atom stereocenters. The van der Waals surface area contributed by atoms with Gasteiger partial charge in [-0.1, -0.05) is 37.4 Å². The molecular formula is C43H47NO10. The smallest absolute Gasteiger partial charge is 0.336 e. The van der Waals surface area contributed by atoms with E-state index < -0.39 is 23.9 Å². The highest BCUT2D eigenvalue weighted by atomic mass is 16.5. The van der Waals surface area contributed by atoms with Gasteiger partial charge < -0.3 is 33.8 Å². The fourth-order valence-corrected chi connectivity index (χ4v) is 4.73. The minimum absolute atomic E-state index is 0.144. The zero-order valence-electron chi connectivity index (χ0n) is 30.4. The van der Waals surface area contributed by atoms with Crippen LogP contribution in [0.25, 0.3) is 12.2 Å². The lowest BCUT2D eigenvalue weighted by Gasteiger charge is -2.08. The molecule has 1 N–H and O–H groups in total. The summed E-state index contributed by atoms with van der Waals surface area (Å²) in [6, 6.07) is 18.9. The molecule has 0 aliphatic carbocycles. The first-order valence-electron chi connectivity index (χ1n) is 17.8. The van der Waals surface area contributed by atoms with Crippen molar-refractivity contribution in [2.75, 3.05) is 26.4 Å². The molecule has 0 bridgehead atoms. The van der Waals surface area contributed by atoms with E-state index >= 15 is 0 Å². The van der Waals surface area contributed by atoms with Gasteiger partial charge in [-0.3, -0.25) is 0 Å². The van der Waals surface area contributed by atoms with Crippen LogP contribution >= 0.6 is 0 Å². The van der Waals surface area contributed by atoms with Crippen LogP contribution in [0.5, 0.6) is 23.0 Å². The summed E-state index contributed by atoms with van der Waals surface area (Å²) in [5, 5.41) is 7.75. The van der Waals surface area contributed by atoms with E-state index in [4.69, 9.17) is 33.8 Å². The highest BCUT2D eigenvalue weighted by Crippen LogP contribution is 2.24. The molecule has 0 aliphatic rings. The SMILES string of the molecule is C=CC(=O)OCCCCCCOc1ccc(/C=C/C(=O)Oc2ccc(OC(=O)/C=C/c3ccc(OCCCCCCOC(=O)C=C)cc3)c(C=N)c2)cc1. The van der Waals surface area contributed by atoms with E-state index in [1.54, 1.807) is 12.2 Å². The summed E-state index contributed by atoms with van der Waals surface area (Å²) in [5.41, 5.74) is 1.80. The van der Waals surface area contributed by atoms with Crippen LogP contribution in [0.15, 0.2) is 104 Å². The molecule has 3 rings (SSSR count). The van der Waals surface area contributed by atoms with Crippen LogP contribution < -0.4 is 18.9 Å². The van der Waals surface area contributed by atoms with E-state index in [2.05, 4.69) is 13.2 Å². The summed E-state index contributed by atoms with van der Waals surface area (Å²) in [4.78, 5) is 47.0. The summed E-state index contributed by atoms with van der Waals surface area (Å²) in [6.45, 7) is 8.63. The van der Waals surface area contributed by atoms with Gasteiger partial charge in [-0.25, -0.2) is 19.2 Å². The number of esters is 4. The summed E-state index contributed by atoms with van der Waals surface area (Å²) < 4.78 is 32.3. The molecule has 0 fully saturated rings. The quantitative estimate of drug-likeness (QED) is 0.0296. The Balaban J connectivity index is 1.36. The van der Waals surface area contributed by atoms with Gasteiger partial charge in [-0.15, -0.1) is 0 Å². The Labute approximate surface area is 316 Å². The molecule has 0 heterocycles. The van der Waals surface area contributed by atoms with Gasteiger partial charge in [0.2, 0.25) is 0 Å². The Kier molecular flexibility index (Phi) is 19.4. The van der Waals surface area contributed by atoms with Crippen molar-refractivity contribution in [3.63, 3.8) is 0 Å². The first kappa shape index (κ1) is 42.2. The second-order valence-electron chi connectivity index (χ2n) is 11.8. The number of nitrogens with one attached hydrogen (secondary N) is 1. The van der Waals surface area contributed by atoms with Gasteiger partial charge in [0.1, 0.15) is 23.0 Å². The van der Waals surface area contributed by atoms with Gasteiger partial charge in [0, 0.05) is 36.1 Å². The van der Waals surface area contributed by atoms with E-state index in [0.717, 1.165) is 80.9 Å². The van der Waals surface area contributed by atoms with Crippen molar-refractivity contribution in [2.45, 2.75) is 51.4 Å². The summed E-state index contributed by atoms with van der Waals surface area (Å²) >= 11 is 0. The molecule has 0 saturated carbocycles. The Morgan fingerprint density at radius 2 is 0.944 bits per heavy atom. The van der Waals surface area contributed by atoms with Crippen molar-refractivity contribution in [3.8, 4) is 23.0 Å². The predicted molar refractivity (Wildman–Crippen MR) is 207 cm³/mol. The highest BCUT2D eigenvalue weighted by Gasteiger charge is 2.10. The minimum Gasteiger partial charge on any atom is -0.494 e. The highest BCUT2D eigenvalue weighted by molar-refractivity contribution is 5.92. The number of carbonyl (C=O) groups is 4. The lowest BCUT2D eigenvalue weighted by molar-refractivity contribution is -0.138. The third-order valence-electron chi connectivity index (χ3n) is 7.59. The third kappa shape index (κ3) is 17.3.